The summed E-state index contributed by atoms with van der Waals surface area (Å²) in [6.45, 7) is 1.67. The highest BCUT2D eigenvalue weighted by molar-refractivity contribution is 7.85. The second kappa shape index (κ2) is 8.13. The van der Waals surface area contributed by atoms with Crippen molar-refractivity contribution in [2.75, 3.05) is 45.9 Å². The Bertz CT molecular complexity index is 212. The maximum Gasteiger partial charge on any atom is 0.267 e. The van der Waals surface area contributed by atoms with Crippen LogP contribution in [0.25, 0.3) is 0 Å². The van der Waals surface area contributed by atoms with Crippen LogP contribution < -0.4 is 0 Å². The molecule has 6 nitrogen and oxygen atoms in total. The molecule has 0 aromatic rings. The van der Waals surface area contributed by atoms with E-state index in [9.17, 15) is 8.42 Å². The summed E-state index contributed by atoms with van der Waals surface area (Å²) < 4.78 is 43.5. The Morgan fingerprint density at radius 2 is 1.50 bits per heavy atom. The fraction of sp³-hybridized carbons (Fsp3) is 1.00. The van der Waals surface area contributed by atoms with Crippen LogP contribution in [-0.2, 0) is 24.3 Å². The van der Waals surface area contributed by atoms with E-state index in [1.54, 1.807) is 7.11 Å². The highest BCUT2D eigenvalue weighted by Crippen LogP contribution is 1.84. The first kappa shape index (κ1) is 13.8. The van der Waals surface area contributed by atoms with Crippen LogP contribution in [0.3, 0.4) is 0 Å². The Morgan fingerprint density at radius 1 is 1.00 bits per heavy atom. The molecule has 86 valence electrons. The van der Waals surface area contributed by atoms with E-state index in [0.717, 1.165) is 0 Å². The van der Waals surface area contributed by atoms with Crippen LogP contribution in [0.5, 0.6) is 0 Å². The maximum atomic E-state index is 10.2. The van der Waals surface area contributed by atoms with Crippen molar-refractivity contribution in [1.82, 2.24) is 0 Å². The van der Waals surface area contributed by atoms with Crippen molar-refractivity contribution < 1.29 is 27.2 Å². The molecule has 0 unspecified atom stereocenters. The van der Waals surface area contributed by atoms with Gasteiger partial charge in [-0.15, -0.1) is 0 Å². The fourth-order valence-electron chi connectivity index (χ4n) is 0.628. The van der Waals surface area contributed by atoms with E-state index in [4.69, 9.17) is 18.8 Å². The standard InChI is InChI=1S/C7H16O6S/c1-11-2-3-12-4-5-13-6-7-14(8,9)10/h2-7H2,1H3,(H,8,9,10). The van der Waals surface area contributed by atoms with Crippen LogP contribution in [0.1, 0.15) is 0 Å². The topological polar surface area (TPSA) is 82.1 Å². The molecule has 0 fully saturated rings. The zero-order valence-corrected chi connectivity index (χ0v) is 8.96. The Kier molecular flexibility index (Phi) is 8.01. The lowest BCUT2D eigenvalue weighted by Gasteiger charge is -2.04. The summed E-state index contributed by atoms with van der Waals surface area (Å²) in [6, 6.07) is 0. The monoisotopic (exact) mass is 228 g/mol. The molecule has 0 aromatic heterocycles. The second-order valence-electron chi connectivity index (χ2n) is 2.50. The Labute approximate surface area is 83.9 Å². The average molecular weight is 228 g/mol. The van der Waals surface area contributed by atoms with E-state index < -0.39 is 10.1 Å². The molecule has 0 amide bonds. The molecule has 1 N–H and O–H groups in total. The van der Waals surface area contributed by atoms with E-state index in [2.05, 4.69) is 0 Å². The van der Waals surface area contributed by atoms with Crippen molar-refractivity contribution in [2.45, 2.75) is 0 Å². The van der Waals surface area contributed by atoms with E-state index in [1.807, 2.05) is 0 Å². The van der Waals surface area contributed by atoms with Gasteiger partial charge in [-0.1, -0.05) is 0 Å². The summed E-state index contributed by atoms with van der Waals surface area (Å²) in [7, 11) is -2.34. The molecule has 0 aliphatic carbocycles. The van der Waals surface area contributed by atoms with Gasteiger partial charge in [0.15, 0.2) is 0 Å². The molecule has 7 heteroatoms. The number of hydrogen-bond donors (Lipinski definition) is 1. The van der Waals surface area contributed by atoms with Crippen molar-refractivity contribution in [3.63, 3.8) is 0 Å². The largest absolute Gasteiger partial charge is 0.382 e. The van der Waals surface area contributed by atoms with Crippen LogP contribution in [0, 0.1) is 0 Å². The molecule has 0 rings (SSSR count). The molecule has 0 radical (unpaired) electrons. The van der Waals surface area contributed by atoms with Crippen molar-refractivity contribution in [1.29, 1.82) is 0 Å². The zero-order chi connectivity index (χ0) is 10.9. The SMILES string of the molecule is COCCOCCOCCS(=O)(=O)O. The molecule has 0 saturated heterocycles. The summed E-state index contributed by atoms with van der Waals surface area (Å²) in [4.78, 5) is 0. The quantitative estimate of drug-likeness (QED) is 0.425. The third kappa shape index (κ3) is 11.8. The van der Waals surface area contributed by atoms with Crippen LogP contribution in [0.15, 0.2) is 0 Å². The van der Waals surface area contributed by atoms with Gasteiger partial charge in [-0.25, -0.2) is 0 Å². The number of methoxy groups -OCH3 is 1. The van der Waals surface area contributed by atoms with Crippen LogP contribution in [0.4, 0.5) is 0 Å². The van der Waals surface area contributed by atoms with Gasteiger partial charge in [0, 0.05) is 7.11 Å². The highest BCUT2D eigenvalue weighted by Gasteiger charge is 2.02. The number of ether oxygens (including phenoxy) is 3. The molecule has 0 bridgehead atoms. The fourth-order valence-corrected chi connectivity index (χ4v) is 0.957. The zero-order valence-electron chi connectivity index (χ0n) is 8.14. The third-order valence-corrected chi connectivity index (χ3v) is 1.97. The van der Waals surface area contributed by atoms with Gasteiger partial charge in [0.2, 0.25) is 0 Å². The van der Waals surface area contributed by atoms with Gasteiger partial charge in [0.05, 0.1) is 38.8 Å². The molecule has 0 heterocycles. The summed E-state index contributed by atoms with van der Waals surface area (Å²) in [6.07, 6.45) is 0. The highest BCUT2D eigenvalue weighted by atomic mass is 32.2. The minimum absolute atomic E-state index is 0.0214. The molecular weight excluding hydrogens is 212 g/mol. The molecule has 0 aliphatic rings. The lowest BCUT2D eigenvalue weighted by atomic mass is 10.7. The Balaban J connectivity index is 3.07. The predicted octanol–water partition coefficient (Wildman–Crippen LogP) is -0.446. The van der Waals surface area contributed by atoms with E-state index >= 15 is 0 Å². The second-order valence-corrected chi connectivity index (χ2v) is 4.08. The first-order valence-electron chi connectivity index (χ1n) is 4.16. The smallest absolute Gasteiger partial charge is 0.267 e. The first-order chi connectivity index (χ1) is 6.56. The normalized spacial score (nSPS) is 11.9. The lowest BCUT2D eigenvalue weighted by Crippen LogP contribution is -2.14. The van der Waals surface area contributed by atoms with Gasteiger partial charge in [0.1, 0.15) is 0 Å². The summed E-state index contributed by atoms with van der Waals surface area (Å²) >= 11 is 0. The number of hydrogen-bond acceptors (Lipinski definition) is 5. The van der Waals surface area contributed by atoms with Crippen molar-refractivity contribution in [2.24, 2.45) is 0 Å². The molecule has 14 heavy (non-hydrogen) atoms. The first-order valence-corrected chi connectivity index (χ1v) is 5.77. The average Bonchev–Trinajstić information content (AvgIpc) is 2.08. The Hall–Kier alpha value is -0.210. The predicted molar refractivity (Wildman–Crippen MR) is 49.9 cm³/mol. The summed E-state index contributed by atoms with van der Waals surface area (Å²) in [5.41, 5.74) is 0. The van der Waals surface area contributed by atoms with Crippen LogP contribution in [0.2, 0.25) is 0 Å². The molecule has 0 aliphatic heterocycles. The molecule has 0 saturated carbocycles. The minimum Gasteiger partial charge on any atom is -0.382 e. The molecule has 0 spiro atoms. The van der Waals surface area contributed by atoms with E-state index in [-0.39, 0.29) is 12.4 Å². The van der Waals surface area contributed by atoms with E-state index in [1.165, 1.54) is 0 Å². The third-order valence-electron chi connectivity index (χ3n) is 1.29. The van der Waals surface area contributed by atoms with Gasteiger partial charge < -0.3 is 14.2 Å². The van der Waals surface area contributed by atoms with Crippen molar-refractivity contribution in [3.05, 3.63) is 0 Å². The van der Waals surface area contributed by atoms with Crippen molar-refractivity contribution >= 4 is 10.1 Å². The van der Waals surface area contributed by atoms with Gasteiger partial charge in [-0.05, 0) is 0 Å². The van der Waals surface area contributed by atoms with Crippen LogP contribution in [-0.4, -0.2) is 58.9 Å². The van der Waals surface area contributed by atoms with Gasteiger partial charge >= 0.3 is 0 Å². The van der Waals surface area contributed by atoms with Gasteiger partial charge in [-0.3, -0.25) is 4.55 Å². The van der Waals surface area contributed by atoms with Gasteiger partial charge in [0.25, 0.3) is 10.1 Å². The molecule has 0 aromatic carbocycles. The maximum absolute atomic E-state index is 10.2. The lowest BCUT2D eigenvalue weighted by molar-refractivity contribution is 0.0282. The molecule has 0 atom stereocenters. The number of rotatable bonds is 9. The van der Waals surface area contributed by atoms with Crippen LogP contribution >= 0.6 is 0 Å². The van der Waals surface area contributed by atoms with E-state index in [0.29, 0.717) is 26.4 Å². The molecular formula is C7H16O6S. The summed E-state index contributed by atoms with van der Waals surface area (Å²) in [5, 5.41) is 0. The Morgan fingerprint density at radius 3 is 2.00 bits per heavy atom. The minimum atomic E-state index is -3.91. The van der Waals surface area contributed by atoms with Gasteiger partial charge in [-0.2, -0.15) is 8.42 Å². The van der Waals surface area contributed by atoms with Crippen molar-refractivity contribution in [3.8, 4) is 0 Å². The summed E-state index contributed by atoms with van der Waals surface area (Å²) in [5.74, 6) is -0.384.